The molecule has 154 valence electrons. The molecular weight excluding hydrogens is 396 g/mol. The lowest BCUT2D eigenvalue weighted by Gasteiger charge is -2.14. The van der Waals surface area contributed by atoms with Gasteiger partial charge < -0.3 is 14.5 Å². The highest BCUT2D eigenvalue weighted by atomic mass is 16.6. The van der Waals surface area contributed by atoms with Gasteiger partial charge in [-0.2, -0.15) is 5.10 Å². The van der Waals surface area contributed by atoms with Crippen LogP contribution in [-0.2, 0) is 4.74 Å². The number of hydrogen-bond donors (Lipinski definition) is 1. The van der Waals surface area contributed by atoms with Crippen molar-refractivity contribution in [1.29, 1.82) is 0 Å². The summed E-state index contributed by atoms with van der Waals surface area (Å²) in [6, 6.07) is 20.0. The van der Waals surface area contributed by atoms with E-state index >= 15 is 0 Å². The molecule has 1 fully saturated rings. The van der Waals surface area contributed by atoms with E-state index in [0.29, 0.717) is 35.9 Å². The third-order valence-corrected chi connectivity index (χ3v) is 4.95. The summed E-state index contributed by atoms with van der Waals surface area (Å²) in [5.74, 6) is 0.198. The van der Waals surface area contributed by atoms with Crippen LogP contribution in [0.15, 0.2) is 83.7 Å². The number of cyclic esters (lactones) is 1. The first-order valence-electron chi connectivity index (χ1n) is 9.73. The van der Waals surface area contributed by atoms with Crippen LogP contribution in [0, 0.1) is 0 Å². The summed E-state index contributed by atoms with van der Waals surface area (Å²) in [4.78, 5) is 26.4. The van der Waals surface area contributed by atoms with Crippen LogP contribution < -0.4 is 10.2 Å². The van der Waals surface area contributed by atoms with Gasteiger partial charge in [0.15, 0.2) is 0 Å². The zero-order valence-electron chi connectivity index (χ0n) is 16.4. The molecule has 0 aliphatic carbocycles. The molecule has 8 heteroatoms. The van der Waals surface area contributed by atoms with E-state index in [-0.39, 0.29) is 5.91 Å². The average Bonchev–Trinajstić information content (AvgIpc) is 3.55. The number of anilines is 2. The number of carbonyl (C=O) groups is 2. The van der Waals surface area contributed by atoms with Gasteiger partial charge in [-0.15, -0.1) is 0 Å². The lowest BCUT2D eigenvalue weighted by atomic mass is 10.1. The SMILES string of the molecule is O=C(Nc1cc(-c2ccoc2)nn1-c1ccccc1)c1cccc(N2CCOC2=O)c1. The minimum Gasteiger partial charge on any atom is -0.472 e. The number of aromatic nitrogens is 2. The van der Waals surface area contributed by atoms with Crippen LogP contribution in [0.5, 0.6) is 0 Å². The fourth-order valence-corrected chi connectivity index (χ4v) is 3.42. The maximum atomic E-state index is 13.0. The predicted octanol–water partition coefficient (Wildman–Crippen LogP) is 4.34. The molecule has 0 radical (unpaired) electrons. The number of ether oxygens (including phenoxy) is 1. The van der Waals surface area contributed by atoms with Crippen LogP contribution in [-0.4, -0.2) is 34.9 Å². The largest absolute Gasteiger partial charge is 0.472 e. The van der Waals surface area contributed by atoms with E-state index in [1.807, 2.05) is 36.4 Å². The number of carbonyl (C=O) groups excluding carboxylic acids is 2. The first-order chi connectivity index (χ1) is 15.2. The zero-order chi connectivity index (χ0) is 21.2. The summed E-state index contributed by atoms with van der Waals surface area (Å²) in [7, 11) is 0. The molecule has 0 saturated carbocycles. The summed E-state index contributed by atoms with van der Waals surface area (Å²) in [6.45, 7) is 0.793. The van der Waals surface area contributed by atoms with Gasteiger partial charge in [0.05, 0.1) is 30.5 Å². The van der Waals surface area contributed by atoms with Crippen LogP contribution in [0.25, 0.3) is 16.9 Å². The number of nitrogens with zero attached hydrogens (tertiary/aromatic N) is 3. The molecule has 0 atom stereocenters. The molecule has 5 rings (SSSR count). The quantitative estimate of drug-likeness (QED) is 0.525. The lowest BCUT2D eigenvalue weighted by Crippen LogP contribution is -2.24. The Morgan fingerprint density at radius 2 is 1.84 bits per heavy atom. The van der Waals surface area contributed by atoms with Crippen molar-refractivity contribution in [1.82, 2.24) is 9.78 Å². The summed E-state index contributed by atoms with van der Waals surface area (Å²) >= 11 is 0. The van der Waals surface area contributed by atoms with Gasteiger partial charge in [0.2, 0.25) is 0 Å². The second-order valence-electron chi connectivity index (χ2n) is 6.94. The van der Waals surface area contributed by atoms with E-state index < -0.39 is 6.09 Å². The van der Waals surface area contributed by atoms with Gasteiger partial charge in [-0.1, -0.05) is 24.3 Å². The molecule has 0 spiro atoms. The first-order valence-corrected chi connectivity index (χ1v) is 9.73. The Morgan fingerprint density at radius 1 is 1.00 bits per heavy atom. The van der Waals surface area contributed by atoms with E-state index in [4.69, 9.17) is 9.15 Å². The molecular formula is C23H18N4O4. The normalized spacial score (nSPS) is 13.3. The second kappa shape index (κ2) is 7.83. The highest BCUT2D eigenvalue weighted by Gasteiger charge is 2.24. The number of para-hydroxylation sites is 1. The van der Waals surface area contributed by atoms with E-state index in [0.717, 1.165) is 11.3 Å². The van der Waals surface area contributed by atoms with Crippen LogP contribution in [0.1, 0.15) is 10.4 Å². The Hall–Kier alpha value is -4.33. The van der Waals surface area contributed by atoms with Crippen molar-refractivity contribution in [2.24, 2.45) is 0 Å². The summed E-state index contributed by atoms with van der Waals surface area (Å²) in [5.41, 5.74) is 3.32. The molecule has 2 amide bonds. The highest BCUT2D eigenvalue weighted by Crippen LogP contribution is 2.26. The topological polar surface area (TPSA) is 89.6 Å². The molecule has 31 heavy (non-hydrogen) atoms. The number of benzene rings is 2. The van der Waals surface area contributed by atoms with Crippen LogP contribution >= 0.6 is 0 Å². The third kappa shape index (κ3) is 3.66. The smallest absolute Gasteiger partial charge is 0.414 e. The molecule has 1 N–H and O–H groups in total. The van der Waals surface area contributed by atoms with Gasteiger partial charge in [0, 0.05) is 22.9 Å². The zero-order valence-corrected chi connectivity index (χ0v) is 16.4. The van der Waals surface area contributed by atoms with Gasteiger partial charge in [-0.25, -0.2) is 9.48 Å². The molecule has 0 bridgehead atoms. The maximum Gasteiger partial charge on any atom is 0.414 e. The number of furan rings is 1. The molecule has 1 aliphatic rings. The molecule has 1 aliphatic heterocycles. The van der Waals surface area contributed by atoms with Gasteiger partial charge >= 0.3 is 6.09 Å². The summed E-state index contributed by atoms with van der Waals surface area (Å²) < 4.78 is 11.8. The van der Waals surface area contributed by atoms with Crippen molar-refractivity contribution in [3.8, 4) is 16.9 Å². The predicted molar refractivity (Wildman–Crippen MR) is 114 cm³/mol. The fraction of sp³-hybridized carbons (Fsp3) is 0.0870. The first kappa shape index (κ1) is 18.7. The van der Waals surface area contributed by atoms with Crippen molar-refractivity contribution in [3.63, 3.8) is 0 Å². The van der Waals surface area contributed by atoms with E-state index in [2.05, 4.69) is 10.4 Å². The molecule has 3 heterocycles. The van der Waals surface area contributed by atoms with Crippen molar-refractivity contribution in [2.75, 3.05) is 23.4 Å². The molecule has 0 unspecified atom stereocenters. The Balaban J connectivity index is 1.47. The van der Waals surface area contributed by atoms with E-state index in [1.165, 1.54) is 4.90 Å². The molecule has 2 aromatic carbocycles. The number of rotatable bonds is 5. The lowest BCUT2D eigenvalue weighted by molar-refractivity contribution is 0.102. The minimum atomic E-state index is -0.413. The molecule has 1 saturated heterocycles. The summed E-state index contributed by atoms with van der Waals surface area (Å²) in [5, 5.41) is 7.57. The molecule has 8 nitrogen and oxygen atoms in total. The Kier molecular flexibility index (Phi) is 4.72. The molecule has 2 aromatic heterocycles. The second-order valence-corrected chi connectivity index (χ2v) is 6.94. The number of hydrogen-bond acceptors (Lipinski definition) is 5. The van der Waals surface area contributed by atoms with Crippen molar-refractivity contribution < 1.29 is 18.7 Å². The van der Waals surface area contributed by atoms with Crippen molar-refractivity contribution >= 4 is 23.5 Å². The Labute approximate surface area is 177 Å². The molecule has 4 aromatic rings. The van der Waals surface area contributed by atoms with Gasteiger partial charge in [-0.3, -0.25) is 9.69 Å². The van der Waals surface area contributed by atoms with Gasteiger partial charge in [-0.05, 0) is 36.4 Å². The van der Waals surface area contributed by atoms with E-state index in [1.54, 1.807) is 47.5 Å². The van der Waals surface area contributed by atoms with Crippen molar-refractivity contribution in [2.45, 2.75) is 0 Å². The van der Waals surface area contributed by atoms with Crippen LogP contribution in [0.4, 0.5) is 16.3 Å². The van der Waals surface area contributed by atoms with Gasteiger partial charge in [0.25, 0.3) is 5.91 Å². The highest BCUT2D eigenvalue weighted by molar-refractivity contribution is 6.05. The van der Waals surface area contributed by atoms with Crippen molar-refractivity contribution in [3.05, 3.63) is 84.8 Å². The Morgan fingerprint density at radius 3 is 2.58 bits per heavy atom. The monoisotopic (exact) mass is 414 g/mol. The standard InChI is InChI=1S/C23H18N4O4/c28-22(16-5-4-8-19(13-16)26-10-12-31-23(26)29)24-21-14-20(17-9-11-30-15-17)25-27(21)18-6-2-1-3-7-18/h1-9,11,13-15H,10,12H2,(H,24,28). The maximum absolute atomic E-state index is 13.0. The van der Waals surface area contributed by atoms with E-state index in [9.17, 15) is 9.59 Å². The summed E-state index contributed by atoms with van der Waals surface area (Å²) in [6.07, 6.45) is 2.76. The average molecular weight is 414 g/mol. The minimum absolute atomic E-state index is 0.315. The van der Waals surface area contributed by atoms with Crippen LogP contribution in [0.3, 0.4) is 0 Å². The Bertz CT molecular complexity index is 1230. The third-order valence-electron chi connectivity index (χ3n) is 4.95. The van der Waals surface area contributed by atoms with Gasteiger partial charge in [0.1, 0.15) is 12.4 Å². The number of amides is 2. The van der Waals surface area contributed by atoms with Crippen LogP contribution in [0.2, 0.25) is 0 Å². The number of nitrogens with one attached hydrogen (secondary N) is 1. The fourth-order valence-electron chi connectivity index (χ4n) is 3.42.